The lowest BCUT2D eigenvalue weighted by molar-refractivity contribution is 0.0935. The summed E-state index contributed by atoms with van der Waals surface area (Å²) in [6.45, 7) is 2.83. The smallest absolute Gasteiger partial charge is 0.269 e. The van der Waals surface area contributed by atoms with Gasteiger partial charge in [-0.25, -0.2) is 4.98 Å². The van der Waals surface area contributed by atoms with Crippen molar-refractivity contribution in [1.29, 1.82) is 0 Å². The third-order valence-corrected chi connectivity index (χ3v) is 3.90. The van der Waals surface area contributed by atoms with E-state index in [0.29, 0.717) is 17.2 Å². The fourth-order valence-corrected chi connectivity index (χ4v) is 2.82. The third-order valence-electron chi connectivity index (χ3n) is 3.90. The average molecular weight is 286 g/mol. The summed E-state index contributed by atoms with van der Waals surface area (Å²) < 4.78 is 0. The summed E-state index contributed by atoms with van der Waals surface area (Å²) in [5.74, 6) is 6.53. The van der Waals surface area contributed by atoms with Crippen LogP contribution in [0.5, 0.6) is 0 Å². The number of carbonyl (C=O) groups is 1. The molecule has 2 rings (SSSR count). The fourth-order valence-electron chi connectivity index (χ4n) is 2.82. The van der Waals surface area contributed by atoms with E-state index in [-0.39, 0.29) is 12.5 Å². The van der Waals surface area contributed by atoms with Crippen LogP contribution in [0.1, 0.15) is 48.7 Å². The number of pyridine rings is 1. The van der Waals surface area contributed by atoms with Gasteiger partial charge in [0.1, 0.15) is 12.3 Å². The number of nitrogens with zero attached hydrogens (tertiary/aromatic N) is 1. The molecule has 0 bridgehead atoms. The first-order valence-electron chi connectivity index (χ1n) is 7.53. The van der Waals surface area contributed by atoms with Crippen molar-refractivity contribution < 1.29 is 9.90 Å². The Morgan fingerprint density at radius 1 is 1.48 bits per heavy atom. The van der Waals surface area contributed by atoms with Gasteiger partial charge in [-0.05, 0) is 36.8 Å². The van der Waals surface area contributed by atoms with Gasteiger partial charge in [-0.2, -0.15) is 0 Å². The van der Waals surface area contributed by atoms with Gasteiger partial charge < -0.3 is 10.4 Å². The monoisotopic (exact) mass is 286 g/mol. The number of hydrogen-bond acceptors (Lipinski definition) is 3. The first kappa shape index (κ1) is 15.5. The number of hydrogen-bond donors (Lipinski definition) is 2. The minimum Gasteiger partial charge on any atom is -0.384 e. The van der Waals surface area contributed by atoms with Crippen molar-refractivity contribution >= 4 is 5.91 Å². The Bertz CT molecular complexity index is 528. The maximum atomic E-state index is 12.0. The second-order valence-corrected chi connectivity index (χ2v) is 5.74. The molecule has 0 saturated heterocycles. The first-order chi connectivity index (χ1) is 10.2. The van der Waals surface area contributed by atoms with Crippen molar-refractivity contribution in [1.82, 2.24) is 10.3 Å². The predicted octanol–water partition coefficient (Wildman–Crippen LogP) is 1.98. The van der Waals surface area contributed by atoms with Crippen LogP contribution >= 0.6 is 0 Å². The Labute approximate surface area is 126 Å². The van der Waals surface area contributed by atoms with E-state index in [1.165, 1.54) is 25.7 Å². The Morgan fingerprint density at radius 3 is 3.00 bits per heavy atom. The zero-order chi connectivity index (χ0) is 15.1. The summed E-state index contributed by atoms with van der Waals surface area (Å²) >= 11 is 0. The van der Waals surface area contributed by atoms with Crippen molar-refractivity contribution in [3.63, 3.8) is 0 Å². The highest BCUT2D eigenvalue weighted by atomic mass is 16.2. The molecule has 21 heavy (non-hydrogen) atoms. The van der Waals surface area contributed by atoms with Crippen LogP contribution in [-0.2, 0) is 0 Å². The van der Waals surface area contributed by atoms with Crippen LogP contribution in [0.25, 0.3) is 0 Å². The van der Waals surface area contributed by atoms with Crippen LogP contribution < -0.4 is 5.32 Å². The second-order valence-electron chi connectivity index (χ2n) is 5.74. The highest BCUT2D eigenvalue weighted by Crippen LogP contribution is 2.27. The van der Waals surface area contributed by atoms with Crippen LogP contribution in [0.15, 0.2) is 18.3 Å². The molecule has 1 amide bonds. The molecule has 1 aliphatic rings. The van der Waals surface area contributed by atoms with Crippen LogP contribution in [0.2, 0.25) is 0 Å². The van der Waals surface area contributed by atoms with E-state index in [4.69, 9.17) is 5.11 Å². The third kappa shape index (κ3) is 4.87. The Kier molecular flexibility index (Phi) is 5.77. The average Bonchev–Trinajstić information content (AvgIpc) is 2.51. The van der Waals surface area contributed by atoms with E-state index in [9.17, 15) is 4.79 Å². The minimum atomic E-state index is -0.179. The number of rotatable bonds is 3. The topological polar surface area (TPSA) is 62.2 Å². The van der Waals surface area contributed by atoms with E-state index in [0.717, 1.165) is 12.5 Å². The molecule has 4 nitrogen and oxygen atoms in total. The molecular formula is C17H22N2O2. The van der Waals surface area contributed by atoms with Crippen LogP contribution in [0.3, 0.4) is 0 Å². The molecule has 1 saturated carbocycles. The lowest BCUT2D eigenvalue weighted by Gasteiger charge is -2.26. The lowest BCUT2D eigenvalue weighted by atomic mass is 9.82. The predicted molar refractivity (Wildman–Crippen MR) is 81.7 cm³/mol. The zero-order valence-electron chi connectivity index (χ0n) is 12.4. The summed E-state index contributed by atoms with van der Waals surface area (Å²) in [5, 5.41) is 11.6. The molecule has 0 aromatic carbocycles. The van der Waals surface area contributed by atoms with Crippen molar-refractivity contribution in [2.24, 2.45) is 11.8 Å². The van der Waals surface area contributed by atoms with Gasteiger partial charge >= 0.3 is 0 Å². The van der Waals surface area contributed by atoms with Gasteiger partial charge in [-0.15, -0.1) is 0 Å². The van der Waals surface area contributed by atoms with Gasteiger partial charge in [0.15, 0.2) is 0 Å². The molecule has 2 atom stereocenters. The summed E-state index contributed by atoms with van der Waals surface area (Å²) in [5.41, 5.74) is 1.11. The van der Waals surface area contributed by atoms with Crippen molar-refractivity contribution in [3.05, 3.63) is 29.6 Å². The zero-order valence-corrected chi connectivity index (χ0v) is 12.4. The molecule has 1 aromatic heterocycles. The summed E-state index contributed by atoms with van der Waals surface area (Å²) in [6, 6.07) is 3.41. The fraction of sp³-hybridized carbons (Fsp3) is 0.529. The van der Waals surface area contributed by atoms with Gasteiger partial charge in [0.25, 0.3) is 5.91 Å². The Hall–Kier alpha value is -1.86. The highest BCUT2D eigenvalue weighted by molar-refractivity contribution is 5.92. The normalized spacial score (nSPS) is 21.2. The number of aliphatic hydroxyl groups excluding tert-OH is 1. The number of aromatic nitrogens is 1. The molecular weight excluding hydrogens is 264 g/mol. The van der Waals surface area contributed by atoms with Crippen molar-refractivity contribution in [2.75, 3.05) is 13.2 Å². The molecule has 2 N–H and O–H groups in total. The van der Waals surface area contributed by atoms with Crippen LogP contribution in [-0.4, -0.2) is 29.1 Å². The molecule has 1 heterocycles. The van der Waals surface area contributed by atoms with E-state index in [1.807, 2.05) is 0 Å². The van der Waals surface area contributed by atoms with Crippen molar-refractivity contribution in [2.45, 2.75) is 32.6 Å². The van der Waals surface area contributed by atoms with E-state index < -0.39 is 0 Å². The Balaban J connectivity index is 1.85. The standard InChI is InChI=1S/C17H22N2O2/c1-13-4-2-5-15(10-13)12-19-17(21)16-8-7-14(11-18-16)6-3-9-20/h7-8,11,13,15,20H,2,4-5,9-10,12H2,1H3,(H,19,21). The second kappa shape index (κ2) is 7.80. The first-order valence-corrected chi connectivity index (χ1v) is 7.53. The van der Waals surface area contributed by atoms with E-state index >= 15 is 0 Å². The maximum Gasteiger partial charge on any atom is 0.269 e. The SMILES string of the molecule is CC1CCCC(CNC(=O)c2ccc(C#CCO)cn2)C1. The number of carbonyl (C=O) groups excluding carboxylic acids is 1. The van der Waals surface area contributed by atoms with Gasteiger partial charge in [0, 0.05) is 18.3 Å². The Morgan fingerprint density at radius 2 is 2.33 bits per heavy atom. The quantitative estimate of drug-likeness (QED) is 0.835. The van der Waals surface area contributed by atoms with Gasteiger partial charge in [-0.1, -0.05) is 31.6 Å². The van der Waals surface area contributed by atoms with E-state index in [2.05, 4.69) is 29.1 Å². The molecule has 1 aromatic rings. The molecule has 4 heteroatoms. The van der Waals surface area contributed by atoms with E-state index in [1.54, 1.807) is 18.3 Å². The molecule has 1 aliphatic carbocycles. The molecule has 0 spiro atoms. The van der Waals surface area contributed by atoms with Gasteiger partial charge in [-0.3, -0.25) is 4.79 Å². The number of nitrogens with one attached hydrogen (secondary N) is 1. The molecule has 112 valence electrons. The molecule has 1 fully saturated rings. The highest BCUT2D eigenvalue weighted by Gasteiger charge is 2.19. The molecule has 0 radical (unpaired) electrons. The lowest BCUT2D eigenvalue weighted by Crippen LogP contribution is -2.31. The molecule has 0 aliphatic heterocycles. The summed E-state index contributed by atoms with van der Waals surface area (Å²) in [4.78, 5) is 16.2. The van der Waals surface area contributed by atoms with Gasteiger partial charge in [0.2, 0.25) is 0 Å². The maximum absolute atomic E-state index is 12.0. The summed E-state index contributed by atoms with van der Waals surface area (Å²) in [7, 11) is 0. The van der Waals surface area contributed by atoms with Crippen molar-refractivity contribution in [3.8, 4) is 11.8 Å². The molecule has 2 unspecified atom stereocenters. The summed E-state index contributed by atoms with van der Waals surface area (Å²) in [6.07, 6.45) is 6.53. The number of amides is 1. The van der Waals surface area contributed by atoms with Crippen LogP contribution in [0.4, 0.5) is 0 Å². The largest absolute Gasteiger partial charge is 0.384 e. The minimum absolute atomic E-state index is 0.130. The van der Waals surface area contributed by atoms with Crippen LogP contribution in [0, 0.1) is 23.7 Å². The number of aliphatic hydroxyl groups is 1. The van der Waals surface area contributed by atoms with Gasteiger partial charge in [0.05, 0.1) is 0 Å².